The molecule has 1 aliphatic rings. The van der Waals surface area contributed by atoms with E-state index in [2.05, 4.69) is 0 Å². The molecule has 192 valence electrons. The molecule has 0 atom stereocenters. The Labute approximate surface area is 210 Å². The Hall–Kier alpha value is -3.88. The zero-order valence-corrected chi connectivity index (χ0v) is 21.0. The topological polar surface area (TPSA) is 103 Å². The van der Waals surface area contributed by atoms with Gasteiger partial charge in [-0.15, -0.1) is 0 Å². The molecule has 3 rings (SSSR count). The normalized spacial score (nSPS) is 14.1. The minimum absolute atomic E-state index is 0.149. The van der Waals surface area contributed by atoms with Crippen molar-refractivity contribution in [3.05, 3.63) is 76.7 Å². The van der Waals surface area contributed by atoms with E-state index < -0.39 is 23.5 Å². The van der Waals surface area contributed by atoms with Crippen LogP contribution in [0.5, 0.6) is 5.75 Å². The molecule has 0 saturated heterocycles. The quantitative estimate of drug-likeness (QED) is 0.433. The average Bonchev–Trinajstić information content (AvgIpc) is 3.20. The lowest BCUT2D eigenvalue weighted by molar-refractivity contribution is -0.145. The molecular weight excluding hydrogens is 465 g/mol. The van der Waals surface area contributed by atoms with Gasteiger partial charge in [-0.2, -0.15) is 0 Å². The van der Waals surface area contributed by atoms with Gasteiger partial charge in [-0.1, -0.05) is 24.3 Å². The average molecular weight is 498 g/mol. The Kier molecular flexibility index (Phi) is 8.68. The van der Waals surface area contributed by atoms with Gasteiger partial charge < -0.3 is 19.9 Å². The molecule has 1 amide bonds. The number of halogens is 1. The van der Waals surface area contributed by atoms with Crippen molar-refractivity contribution in [3.8, 4) is 5.75 Å². The van der Waals surface area contributed by atoms with Crippen molar-refractivity contribution < 1.29 is 28.2 Å². The second-order valence-corrected chi connectivity index (χ2v) is 9.23. The number of ether oxygens (including phenoxy) is 3. The van der Waals surface area contributed by atoms with Gasteiger partial charge in [0.2, 0.25) is 0 Å². The van der Waals surface area contributed by atoms with Crippen LogP contribution in [0.25, 0.3) is 0 Å². The van der Waals surface area contributed by atoms with E-state index in [1.807, 2.05) is 6.07 Å². The molecule has 0 aromatic heterocycles. The van der Waals surface area contributed by atoms with Crippen LogP contribution in [0.15, 0.2) is 64.8 Å². The van der Waals surface area contributed by atoms with Crippen molar-refractivity contribution in [1.29, 1.82) is 0 Å². The Bertz CT molecular complexity index is 1170. The summed E-state index contributed by atoms with van der Waals surface area (Å²) in [5.74, 6) is -0.418. The molecule has 0 aliphatic carbocycles. The van der Waals surface area contributed by atoms with Crippen LogP contribution in [0.1, 0.15) is 38.8 Å². The van der Waals surface area contributed by atoms with Crippen molar-refractivity contribution in [2.24, 2.45) is 10.7 Å². The SMILES string of the molecule is CCOC(=O)COc1cccc(CN=C(C2=C(N)CN(C(=O)OC(C)(C)C)C2)c2ccccc2F)c1. The summed E-state index contributed by atoms with van der Waals surface area (Å²) in [6.45, 7) is 7.67. The summed E-state index contributed by atoms with van der Waals surface area (Å²) in [7, 11) is 0. The predicted octanol–water partition coefficient (Wildman–Crippen LogP) is 4.22. The number of benzene rings is 2. The first-order chi connectivity index (χ1) is 17.1. The fraction of sp³-hybridized carbons (Fsp3) is 0.370. The highest BCUT2D eigenvalue weighted by molar-refractivity contribution is 6.14. The number of nitrogens with zero attached hydrogens (tertiary/aromatic N) is 2. The molecule has 1 aliphatic heterocycles. The van der Waals surface area contributed by atoms with Crippen LogP contribution in [0, 0.1) is 5.82 Å². The molecule has 0 spiro atoms. The molecular formula is C27H32FN3O5. The minimum Gasteiger partial charge on any atom is -0.482 e. The number of hydrogen-bond acceptors (Lipinski definition) is 7. The highest BCUT2D eigenvalue weighted by Gasteiger charge is 2.31. The highest BCUT2D eigenvalue weighted by atomic mass is 19.1. The predicted molar refractivity (Wildman–Crippen MR) is 134 cm³/mol. The zero-order chi connectivity index (χ0) is 26.3. The second-order valence-electron chi connectivity index (χ2n) is 9.23. The van der Waals surface area contributed by atoms with Crippen LogP contribution in [-0.4, -0.2) is 54.6 Å². The van der Waals surface area contributed by atoms with Crippen LogP contribution in [0.4, 0.5) is 9.18 Å². The summed E-state index contributed by atoms with van der Waals surface area (Å²) in [6, 6.07) is 13.4. The Morgan fingerprint density at radius 1 is 1.11 bits per heavy atom. The van der Waals surface area contributed by atoms with E-state index >= 15 is 0 Å². The Morgan fingerprint density at radius 3 is 2.56 bits per heavy atom. The summed E-state index contributed by atoms with van der Waals surface area (Å²) in [6.07, 6.45) is -0.500. The number of nitrogens with two attached hydrogens (primary N) is 1. The number of aliphatic imine (C=N–C) groups is 1. The van der Waals surface area contributed by atoms with E-state index in [-0.39, 0.29) is 38.4 Å². The highest BCUT2D eigenvalue weighted by Crippen LogP contribution is 2.24. The maximum Gasteiger partial charge on any atom is 0.410 e. The van der Waals surface area contributed by atoms with E-state index in [9.17, 15) is 14.0 Å². The molecule has 2 aromatic carbocycles. The first-order valence-corrected chi connectivity index (χ1v) is 11.7. The Morgan fingerprint density at radius 2 is 1.86 bits per heavy atom. The fourth-order valence-corrected chi connectivity index (χ4v) is 3.58. The summed E-state index contributed by atoms with van der Waals surface area (Å²) in [5.41, 5.74) is 8.09. The lowest BCUT2D eigenvalue weighted by atomic mass is 10.0. The van der Waals surface area contributed by atoms with Gasteiger partial charge in [-0.25, -0.2) is 14.0 Å². The smallest absolute Gasteiger partial charge is 0.410 e. The monoisotopic (exact) mass is 497 g/mol. The third-order valence-corrected chi connectivity index (χ3v) is 5.14. The molecule has 9 heteroatoms. The molecule has 0 fully saturated rings. The molecule has 0 unspecified atom stereocenters. The van der Waals surface area contributed by atoms with Crippen molar-refractivity contribution in [1.82, 2.24) is 4.90 Å². The number of rotatable bonds is 8. The van der Waals surface area contributed by atoms with Crippen molar-refractivity contribution >= 4 is 17.8 Å². The lowest BCUT2D eigenvalue weighted by Crippen LogP contribution is -2.36. The molecule has 1 heterocycles. The zero-order valence-electron chi connectivity index (χ0n) is 21.0. The number of hydrogen-bond donors (Lipinski definition) is 1. The van der Waals surface area contributed by atoms with E-state index in [1.54, 1.807) is 64.1 Å². The summed E-state index contributed by atoms with van der Waals surface area (Å²) < 4.78 is 30.7. The first-order valence-electron chi connectivity index (χ1n) is 11.7. The van der Waals surface area contributed by atoms with Crippen molar-refractivity contribution in [2.45, 2.75) is 39.8 Å². The third-order valence-electron chi connectivity index (χ3n) is 5.14. The minimum atomic E-state index is -0.655. The number of amides is 1. The fourth-order valence-electron chi connectivity index (χ4n) is 3.58. The van der Waals surface area contributed by atoms with Gasteiger partial charge in [-0.3, -0.25) is 9.89 Å². The summed E-state index contributed by atoms with van der Waals surface area (Å²) in [5, 5.41) is 0. The van der Waals surface area contributed by atoms with Crippen LogP contribution in [0.3, 0.4) is 0 Å². The van der Waals surface area contributed by atoms with Gasteiger partial charge in [0.15, 0.2) is 6.61 Å². The van der Waals surface area contributed by atoms with Gasteiger partial charge >= 0.3 is 12.1 Å². The molecule has 36 heavy (non-hydrogen) atoms. The van der Waals surface area contributed by atoms with Gasteiger partial charge in [0.25, 0.3) is 0 Å². The molecule has 0 bridgehead atoms. The van der Waals surface area contributed by atoms with Gasteiger partial charge in [0.1, 0.15) is 17.2 Å². The second kappa shape index (κ2) is 11.7. The largest absolute Gasteiger partial charge is 0.482 e. The summed E-state index contributed by atoms with van der Waals surface area (Å²) >= 11 is 0. The third kappa shape index (κ3) is 7.31. The van der Waals surface area contributed by atoms with E-state index in [1.165, 1.54) is 11.0 Å². The number of carbonyl (C=O) groups is 2. The lowest BCUT2D eigenvalue weighted by Gasteiger charge is -2.24. The molecule has 0 radical (unpaired) electrons. The van der Waals surface area contributed by atoms with Crippen molar-refractivity contribution in [2.75, 3.05) is 26.3 Å². The van der Waals surface area contributed by atoms with E-state index in [4.69, 9.17) is 24.9 Å². The summed E-state index contributed by atoms with van der Waals surface area (Å²) in [4.78, 5) is 30.4. The maximum atomic E-state index is 14.8. The van der Waals surface area contributed by atoms with Crippen LogP contribution < -0.4 is 10.5 Å². The Balaban J connectivity index is 1.84. The van der Waals surface area contributed by atoms with Gasteiger partial charge in [-0.05, 0) is 57.5 Å². The van der Waals surface area contributed by atoms with Gasteiger partial charge in [0, 0.05) is 16.8 Å². The first kappa shape index (κ1) is 26.7. The van der Waals surface area contributed by atoms with Crippen LogP contribution in [-0.2, 0) is 20.8 Å². The number of carbonyl (C=O) groups excluding carboxylic acids is 2. The molecule has 2 aromatic rings. The van der Waals surface area contributed by atoms with Crippen LogP contribution in [0.2, 0.25) is 0 Å². The standard InChI is InChI=1S/C27H32FN3O5/c1-5-34-24(32)17-35-19-10-8-9-18(13-19)14-30-25(20-11-6-7-12-22(20)28)21-15-31(16-23(21)29)26(33)36-27(2,3)4/h6-13H,5,14-17,29H2,1-4H3. The van der Waals surface area contributed by atoms with E-state index in [0.29, 0.717) is 22.7 Å². The van der Waals surface area contributed by atoms with Crippen molar-refractivity contribution in [3.63, 3.8) is 0 Å². The van der Waals surface area contributed by atoms with E-state index in [0.717, 1.165) is 5.56 Å². The molecule has 2 N–H and O–H groups in total. The maximum absolute atomic E-state index is 14.8. The van der Waals surface area contributed by atoms with Crippen LogP contribution >= 0.6 is 0 Å². The number of esters is 1. The van der Waals surface area contributed by atoms with Gasteiger partial charge in [0.05, 0.1) is 32.0 Å². The molecule has 0 saturated carbocycles. The molecule has 8 nitrogen and oxygen atoms in total.